The van der Waals surface area contributed by atoms with Crippen molar-refractivity contribution in [2.24, 2.45) is 5.92 Å². The number of likely N-dealkylation sites (tertiary alicyclic amines) is 1. The van der Waals surface area contributed by atoms with Gasteiger partial charge in [0.15, 0.2) is 5.13 Å². The van der Waals surface area contributed by atoms with Crippen LogP contribution < -0.4 is 10.2 Å². The third kappa shape index (κ3) is 5.03. The molecule has 1 N–H and O–H groups in total. The molecule has 5 rings (SSSR count). The highest BCUT2D eigenvalue weighted by atomic mass is 32.1. The van der Waals surface area contributed by atoms with E-state index in [-0.39, 0.29) is 0 Å². The first-order valence-electron chi connectivity index (χ1n) is 11.7. The van der Waals surface area contributed by atoms with Crippen molar-refractivity contribution in [1.29, 1.82) is 0 Å². The molecule has 0 bridgehead atoms. The van der Waals surface area contributed by atoms with Crippen LogP contribution in [0, 0.1) is 12.8 Å². The predicted molar refractivity (Wildman–Crippen MR) is 133 cm³/mol. The number of aromatic nitrogens is 3. The van der Waals surface area contributed by atoms with Crippen LogP contribution in [0.5, 0.6) is 0 Å². The smallest absolute Gasteiger partial charge is 0.189 e. The molecule has 4 heterocycles. The molecule has 0 unspecified atom stereocenters. The standard InChI is InChI=1S/C24H33N7S/c1-17-6-8-30(9-7-17)16-19-4-5-20-21(14-19)32-24(27-20)28-22-15-23(26-18(2)25-22)31-12-10-29(3)11-13-31/h4-5,14-15,17H,6-13,16H2,1-3H3,(H,25,26,27,28). The van der Waals surface area contributed by atoms with Gasteiger partial charge in [-0.25, -0.2) is 15.0 Å². The second kappa shape index (κ2) is 9.29. The zero-order valence-electron chi connectivity index (χ0n) is 19.3. The molecular formula is C24H33N7S. The van der Waals surface area contributed by atoms with E-state index in [0.717, 1.165) is 66.8 Å². The molecule has 7 nitrogen and oxygen atoms in total. The number of hydrogen-bond acceptors (Lipinski definition) is 8. The van der Waals surface area contributed by atoms with Crippen LogP contribution in [-0.4, -0.2) is 71.1 Å². The number of thiazole rings is 1. The lowest BCUT2D eigenvalue weighted by Gasteiger charge is -2.33. The zero-order valence-corrected chi connectivity index (χ0v) is 20.2. The fourth-order valence-electron chi connectivity index (χ4n) is 4.52. The summed E-state index contributed by atoms with van der Waals surface area (Å²) >= 11 is 1.69. The third-order valence-electron chi connectivity index (χ3n) is 6.62. The Kier molecular flexibility index (Phi) is 6.26. The van der Waals surface area contributed by atoms with Gasteiger partial charge in [-0.3, -0.25) is 4.90 Å². The van der Waals surface area contributed by atoms with Crippen molar-refractivity contribution in [1.82, 2.24) is 24.8 Å². The Morgan fingerprint density at radius 3 is 2.56 bits per heavy atom. The van der Waals surface area contributed by atoms with Crippen molar-refractivity contribution in [2.45, 2.75) is 33.2 Å². The van der Waals surface area contributed by atoms with E-state index in [4.69, 9.17) is 4.98 Å². The van der Waals surface area contributed by atoms with E-state index in [9.17, 15) is 0 Å². The molecule has 0 spiro atoms. The van der Waals surface area contributed by atoms with Crippen LogP contribution in [0.3, 0.4) is 0 Å². The highest BCUT2D eigenvalue weighted by Gasteiger charge is 2.18. The maximum atomic E-state index is 4.80. The van der Waals surface area contributed by atoms with Crippen LogP contribution >= 0.6 is 11.3 Å². The van der Waals surface area contributed by atoms with E-state index in [1.165, 1.54) is 36.2 Å². The number of anilines is 3. The van der Waals surface area contributed by atoms with Crippen LogP contribution in [0.2, 0.25) is 0 Å². The molecule has 0 amide bonds. The largest absolute Gasteiger partial charge is 0.354 e. The Labute approximate surface area is 194 Å². The van der Waals surface area contributed by atoms with Gasteiger partial charge in [-0.1, -0.05) is 24.3 Å². The van der Waals surface area contributed by atoms with Gasteiger partial charge in [0.1, 0.15) is 17.5 Å². The first-order valence-corrected chi connectivity index (χ1v) is 12.5. The molecule has 0 radical (unpaired) electrons. The lowest BCUT2D eigenvalue weighted by atomic mass is 9.99. The maximum Gasteiger partial charge on any atom is 0.189 e. The second-order valence-corrected chi connectivity index (χ2v) is 10.4. The van der Waals surface area contributed by atoms with Gasteiger partial charge in [0.25, 0.3) is 0 Å². The molecule has 1 aromatic carbocycles. The summed E-state index contributed by atoms with van der Waals surface area (Å²) in [5, 5.41) is 4.32. The Hall–Kier alpha value is -2.29. The Morgan fingerprint density at radius 1 is 1.00 bits per heavy atom. The van der Waals surface area contributed by atoms with Gasteiger partial charge in [0, 0.05) is 38.8 Å². The van der Waals surface area contributed by atoms with Gasteiger partial charge in [0.2, 0.25) is 0 Å². The van der Waals surface area contributed by atoms with E-state index in [0.29, 0.717) is 0 Å². The van der Waals surface area contributed by atoms with Crippen molar-refractivity contribution in [3.8, 4) is 0 Å². The normalized spacial score (nSPS) is 19.0. The lowest BCUT2D eigenvalue weighted by molar-refractivity contribution is 0.185. The molecule has 3 aromatic rings. The number of piperazine rings is 1. The van der Waals surface area contributed by atoms with Gasteiger partial charge in [-0.15, -0.1) is 0 Å². The molecule has 2 saturated heterocycles. The highest BCUT2D eigenvalue weighted by Crippen LogP contribution is 2.30. The number of benzene rings is 1. The molecule has 170 valence electrons. The quantitative estimate of drug-likeness (QED) is 0.626. The van der Waals surface area contributed by atoms with Crippen LogP contribution in [-0.2, 0) is 6.54 Å². The molecule has 0 atom stereocenters. The van der Waals surface area contributed by atoms with Crippen molar-refractivity contribution >= 4 is 38.3 Å². The van der Waals surface area contributed by atoms with E-state index in [1.54, 1.807) is 11.3 Å². The molecule has 2 aromatic heterocycles. The van der Waals surface area contributed by atoms with Crippen molar-refractivity contribution in [3.63, 3.8) is 0 Å². The van der Waals surface area contributed by atoms with Gasteiger partial charge < -0.3 is 15.1 Å². The molecule has 0 aliphatic carbocycles. The van der Waals surface area contributed by atoms with Gasteiger partial charge in [0.05, 0.1) is 10.2 Å². The highest BCUT2D eigenvalue weighted by molar-refractivity contribution is 7.22. The number of nitrogens with zero attached hydrogens (tertiary/aromatic N) is 6. The van der Waals surface area contributed by atoms with Crippen LogP contribution in [0.25, 0.3) is 10.2 Å². The monoisotopic (exact) mass is 451 g/mol. The maximum absolute atomic E-state index is 4.80. The SMILES string of the molecule is Cc1nc(Nc2nc3ccc(CN4CCC(C)CC4)cc3s2)cc(N2CCN(C)CC2)n1. The van der Waals surface area contributed by atoms with Gasteiger partial charge in [-0.2, -0.15) is 0 Å². The van der Waals surface area contributed by atoms with Gasteiger partial charge >= 0.3 is 0 Å². The fourth-order valence-corrected chi connectivity index (χ4v) is 5.46. The average Bonchev–Trinajstić information content (AvgIpc) is 3.17. The molecular weight excluding hydrogens is 418 g/mol. The number of hydrogen-bond donors (Lipinski definition) is 1. The van der Waals surface area contributed by atoms with Crippen LogP contribution in [0.15, 0.2) is 24.3 Å². The summed E-state index contributed by atoms with van der Waals surface area (Å²) in [5.74, 6) is 3.45. The topological polar surface area (TPSA) is 60.4 Å². The fraction of sp³-hybridized carbons (Fsp3) is 0.542. The van der Waals surface area contributed by atoms with E-state index in [1.807, 2.05) is 13.0 Å². The first kappa shape index (κ1) is 21.6. The number of rotatable bonds is 5. The number of piperidine rings is 1. The van der Waals surface area contributed by atoms with Crippen LogP contribution in [0.1, 0.15) is 31.2 Å². The van der Waals surface area contributed by atoms with Crippen LogP contribution in [0.4, 0.5) is 16.8 Å². The first-order chi connectivity index (χ1) is 15.5. The van der Waals surface area contributed by atoms with E-state index >= 15 is 0 Å². The predicted octanol–water partition coefficient (Wildman–Crippen LogP) is 4.12. The molecule has 8 heteroatoms. The number of aryl methyl sites for hydroxylation is 1. The summed E-state index contributed by atoms with van der Waals surface area (Å²) in [6.45, 7) is 11.9. The summed E-state index contributed by atoms with van der Waals surface area (Å²) in [5.41, 5.74) is 2.41. The molecule has 2 aliphatic heterocycles. The van der Waals surface area contributed by atoms with Crippen molar-refractivity contribution < 1.29 is 0 Å². The molecule has 2 fully saturated rings. The minimum atomic E-state index is 0.781. The molecule has 2 aliphatic rings. The average molecular weight is 452 g/mol. The third-order valence-corrected chi connectivity index (χ3v) is 7.56. The molecule has 32 heavy (non-hydrogen) atoms. The van der Waals surface area contributed by atoms with E-state index < -0.39 is 0 Å². The minimum Gasteiger partial charge on any atom is -0.354 e. The zero-order chi connectivity index (χ0) is 22.1. The van der Waals surface area contributed by atoms with Crippen molar-refractivity contribution in [2.75, 3.05) is 56.5 Å². The van der Waals surface area contributed by atoms with Gasteiger partial charge in [-0.05, 0) is 63.5 Å². The second-order valence-electron chi connectivity index (χ2n) is 9.35. The molecule has 0 saturated carbocycles. The lowest BCUT2D eigenvalue weighted by Crippen LogP contribution is -2.44. The Balaban J connectivity index is 1.30. The summed E-state index contributed by atoms with van der Waals surface area (Å²) in [6, 6.07) is 8.73. The number of likely N-dealkylation sites (N-methyl/N-ethyl adjacent to an activating group) is 1. The van der Waals surface area contributed by atoms with Crippen molar-refractivity contribution in [3.05, 3.63) is 35.7 Å². The Morgan fingerprint density at radius 2 is 1.78 bits per heavy atom. The Bertz CT molecular complexity index is 1070. The number of fused-ring (bicyclic) bond motifs is 1. The summed E-state index contributed by atoms with van der Waals surface area (Å²) in [7, 11) is 2.17. The summed E-state index contributed by atoms with van der Waals surface area (Å²) in [4.78, 5) is 21.4. The van der Waals surface area contributed by atoms with E-state index in [2.05, 4.69) is 62.2 Å². The number of nitrogens with one attached hydrogen (secondary N) is 1. The minimum absolute atomic E-state index is 0.781. The summed E-state index contributed by atoms with van der Waals surface area (Å²) in [6.07, 6.45) is 2.62. The summed E-state index contributed by atoms with van der Waals surface area (Å²) < 4.78 is 1.22.